The van der Waals surface area contributed by atoms with Gasteiger partial charge in [0, 0.05) is 12.1 Å². The highest BCUT2D eigenvalue weighted by atomic mass is 16.5. The van der Waals surface area contributed by atoms with Crippen LogP contribution in [0.3, 0.4) is 0 Å². The highest BCUT2D eigenvalue weighted by Crippen LogP contribution is 2.28. The fraction of sp³-hybridized carbons (Fsp3) is 0.0667. The summed E-state index contributed by atoms with van der Waals surface area (Å²) >= 11 is 0. The summed E-state index contributed by atoms with van der Waals surface area (Å²) in [7, 11) is 1.30. The first kappa shape index (κ1) is 15.3. The molecule has 2 heterocycles. The van der Waals surface area contributed by atoms with E-state index in [0.29, 0.717) is 0 Å². The maximum atomic E-state index is 12.4. The summed E-state index contributed by atoms with van der Waals surface area (Å²) in [4.78, 5) is 51.8. The van der Waals surface area contributed by atoms with Gasteiger partial charge in [-0.2, -0.15) is 0 Å². The van der Waals surface area contributed by atoms with Gasteiger partial charge in [0.25, 0.3) is 0 Å². The number of methoxy groups -OCH3 is 1. The Morgan fingerprint density at radius 1 is 0.917 bits per heavy atom. The maximum absolute atomic E-state index is 12.4. The number of hydrogen-bond acceptors (Lipinski definition) is 5. The number of nitrogens with one attached hydrogen (secondary N) is 2. The molecule has 0 spiro atoms. The summed E-state index contributed by atoms with van der Waals surface area (Å²) in [6.45, 7) is 0. The summed E-state index contributed by atoms with van der Waals surface area (Å²) < 4.78 is 5.13. The predicted molar refractivity (Wildman–Crippen MR) is 83.2 cm³/mol. The lowest BCUT2D eigenvalue weighted by Crippen LogP contribution is -2.14. The predicted octanol–water partition coefficient (Wildman–Crippen LogP) is 0.775. The molecule has 24 heavy (non-hydrogen) atoms. The summed E-state index contributed by atoms with van der Waals surface area (Å²) in [5, 5.41) is 18.1. The number of pyridine rings is 2. The van der Waals surface area contributed by atoms with E-state index in [2.05, 4.69) is 9.97 Å². The van der Waals surface area contributed by atoms with Crippen LogP contribution in [0.15, 0.2) is 27.8 Å². The number of aromatic amines is 2. The van der Waals surface area contributed by atoms with Crippen LogP contribution in [0, 0.1) is 0 Å². The van der Waals surface area contributed by atoms with E-state index in [0.717, 1.165) is 12.1 Å². The zero-order valence-corrected chi connectivity index (χ0v) is 12.2. The summed E-state index contributed by atoms with van der Waals surface area (Å²) in [6, 6.07) is 3.06. The Bertz CT molecular complexity index is 1140. The monoisotopic (exact) mass is 330 g/mol. The van der Waals surface area contributed by atoms with Crippen molar-refractivity contribution >= 4 is 33.7 Å². The minimum atomic E-state index is -1.36. The van der Waals surface area contributed by atoms with E-state index < -0.39 is 22.8 Å². The number of fused-ring (bicyclic) bond motifs is 3. The molecular formula is C15H10N2O7. The Kier molecular flexibility index (Phi) is 3.33. The fourth-order valence-electron chi connectivity index (χ4n) is 2.50. The third kappa shape index (κ3) is 2.19. The average Bonchev–Trinajstić information content (AvgIpc) is 2.53. The van der Waals surface area contributed by atoms with Crippen LogP contribution in [0.4, 0.5) is 0 Å². The van der Waals surface area contributed by atoms with E-state index in [1.54, 1.807) is 0 Å². The third-order valence-corrected chi connectivity index (χ3v) is 3.55. The zero-order chi connectivity index (χ0) is 17.6. The highest BCUT2D eigenvalue weighted by molar-refractivity contribution is 6.08. The van der Waals surface area contributed by atoms with E-state index in [-0.39, 0.29) is 38.9 Å². The number of H-pyrrole nitrogens is 2. The van der Waals surface area contributed by atoms with E-state index in [1.807, 2.05) is 0 Å². The molecule has 0 saturated carbocycles. The molecule has 1 aromatic carbocycles. The van der Waals surface area contributed by atoms with Crippen molar-refractivity contribution in [3.05, 3.63) is 50.0 Å². The molecule has 0 aliphatic heterocycles. The maximum Gasteiger partial charge on any atom is 0.352 e. The van der Waals surface area contributed by atoms with Crippen LogP contribution >= 0.6 is 0 Å². The standard InChI is InChI=1S/C15H10N2O7/c1-24-10-2-5-8(18)3-6(14(20)21)16-12(5)11-9(19)4-7(15(22)23)17-13(10)11/h2-4H,1H3,(H,16,18)(H,17,19)(H,20,21)(H,22,23). The Labute approximate surface area is 132 Å². The van der Waals surface area contributed by atoms with Crippen molar-refractivity contribution < 1.29 is 24.5 Å². The van der Waals surface area contributed by atoms with Crippen LogP contribution < -0.4 is 15.6 Å². The second kappa shape index (κ2) is 5.23. The van der Waals surface area contributed by atoms with Crippen LogP contribution in [0.1, 0.15) is 21.0 Å². The Morgan fingerprint density at radius 3 is 2.00 bits per heavy atom. The van der Waals surface area contributed by atoms with Crippen molar-refractivity contribution in [2.45, 2.75) is 0 Å². The second-order valence-electron chi connectivity index (χ2n) is 4.96. The van der Waals surface area contributed by atoms with Crippen molar-refractivity contribution in [2.75, 3.05) is 7.11 Å². The van der Waals surface area contributed by atoms with Crippen molar-refractivity contribution in [1.82, 2.24) is 9.97 Å². The van der Waals surface area contributed by atoms with E-state index in [9.17, 15) is 19.2 Å². The molecule has 0 atom stereocenters. The summed E-state index contributed by atoms with van der Waals surface area (Å²) in [5.74, 6) is -2.62. The second-order valence-corrected chi connectivity index (χ2v) is 4.96. The molecular weight excluding hydrogens is 320 g/mol. The molecule has 0 aliphatic carbocycles. The lowest BCUT2D eigenvalue weighted by molar-refractivity contribution is 0.0680. The Hall–Kier alpha value is -3.62. The zero-order valence-electron chi connectivity index (χ0n) is 12.2. The molecule has 4 N–H and O–H groups in total. The number of hydrogen-bond donors (Lipinski definition) is 4. The minimum Gasteiger partial charge on any atom is -0.495 e. The first-order valence-electron chi connectivity index (χ1n) is 6.61. The van der Waals surface area contributed by atoms with Gasteiger partial charge in [-0.05, 0) is 6.07 Å². The number of carbonyl (C=O) groups is 2. The quantitative estimate of drug-likeness (QED) is 0.518. The molecule has 0 radical (unpaired) electrons. The lowest BCUT2D eigenvalue weighted by Gasteiger charge is -2.10. The topological polar surface area (TPSA) is 150 Å². The van der Waals surface area contributed by atoms with Crippen molar-refractivity contribution in [3.63, 3.8) is 0 Å². The number of aromatic carboxylic acids is 2. The fourth-order valence-corrected chi connectivity index (χ4v) is 2.50. The van der Waals surface area contributed by atoms with Crippen molar-refractivity contribution in [3.8, 4) is 5.75 Å². The van der Waals surface area contributed by atoms with Crippen molar-refractivity contribution in [1.29, 1.82) is 0 Å². The minimum absolute atomic E-state index is 0.00566. The molecule has 3 aromatic rings. The van der Waals surface area contributed by atoms with Crippen LogP contribution in [-0.4, -0.2) is 39.2 Å². The van der Waals surface area contributed by atoms with Gasteiger partial charge in [0.05, 0.1) is 28.9 Å². The number of carboxylic acids is 2. The summed E-state index contributed by atoms with van der Waals surface area (Å²) in [5.41, 5.74) is -2.00. The molecule has 122 valence electrons. The van der Waals surface area contributed by atoms with Gasteiger partial charge in [-0.25, -0.2) is 9.59 Å². The SMILES string of the molecule is COc1cc2c(=O)cc(C(=O)O)[nH]c2c2c(=O)cc(C(=O)O)[nH]c12. The molecule has 0 saturated heterocycles. The molecule has 2 aromatic heterocycles. The largest absolute Gasteiger partial charge is 0.495 e. The first-order chi connectivity index (χ1) is 11.3. The normalized spacial score (nSPS) is 10.9. The number of rotatable bonds is 3. The Morgan fingerprint density at radius 2 is 1.46 bits per heavy atom. The molecule has 0 fully saturated rings. The van der Waals surface area contributed by atoms with E-state index >= 15 is 0 Å². The number of benzene rings is 1. The Balaban J connectivity index is 2.62. The average molecular weight is 330 g/mol. The molecule has 9 heteroatoms. The van der Waals surface area contributed by atoms with Gasteiger partial charge in [0.15, 0.2) is 10.9 Å². The number of ether oxygens (including phenoxy) is 1. The first-order valence-corrected chi connectivity index (χ1v) is 6.61. The highest BCUT2D eigenvalue weighted by Gasteiger charge is 2.18. The molecule has 3 rings (SSSR count). The lowest BCUT2D eigenvalue weighted by atomic mass is 10.1. The molecule has 0 amide bonds. The molecule has 0 bridgehead atoms. The van der Waals surface area contributed by atoms with E-state index in [4.69, 9.17) is 14.9 Å². The van der Waals surface area contributed by atoms with Crippen LogP contribution in [-0.2, 0) is 0 Å². The molecule has 0 unspecified atom stereocenters. The van der Waals surface area contributed by atoms with Gasteiger partial charge < -0.3 is 24.9 Å². The molecule has 0 aliphatic rings. The van der Waals surface area contributed by atoms with Crippen molar-refractivity contribution in [2.24, 2.45) is 0 Å². The van der Waals surface area contributed by atoms with Gasteiger partial charge in [-0.3, -0.25) is 9.59 Å². The van der Waals surface area contributed by atoms with Crippen LogP contribution in [0.25, 0.3) is 21.8 Å². The van der Waals surface area contributed by atoms with Crippen LogP contribution in [0.2, 0.25) is 0 Å². The van der Waals surface area contributed by atoms with Crippen LogP contribution in [0.5, 0.6) is 5.75 Å². The van der Waals surface area contributed by atoms with Gasteiger partial charge in [-0.15, -0.1) is 0 Å². The van der Waals surface area contributed by atoms with Gasteiger partial charge in [-0.1, -0.05) is 0 Å². The van der Waals surface area contributed by atoms with E-state index in [1.165, 1.54) is 13.2 Å². The summed E-state index contributed by atoms with van der Waals surface area (Å²) in [6.07, 6.45) is 0. The third-order valence-electron chi connectivity index (χ3n) is 3.55. The number of carboxylic acid groups (broad SMARTS) is 2. The number of aromatic nitrogens is 2. The molecule has 9 nitrogen and oxygen atoms in total. The van der Waals surface area contributed by atoms with Gasteiger partial charge in [0.1, 0.15) is 17.1 Å². The van der Waals surface area contributed by atoms with Gasteiger partial charge >= 0.3 is 11.9 Å². The smallest absolute Gasteiger partial charge is 0.352 e. The van der Waals surface area contributed by atoms with Gasteiger partial charge in [0.2, 0.25) is 0 Å².